The van der Waals surface area contributed by atoms with E-state index in [-0.39, 0.29) is 5.41 Å². The van der Waals surface area contributed by atoms with Crippen LogP contribution in [0.4, 0.5) is 5.69 Å². The van der Waals surface area contributed by atoms with Crippen molar-refractivity contribution in [3.8, 4) is 0 Å². The van der Waals surface area contributed by atoms with Crippen molar-refractivity contribution >= 4 is 32.5 Å². The van der Waals surface area contributed by atoms with Crippen molar-refractivity contribution in [1.82, 2.24) is 9.88 Å². The summed E-state index contributed by atoms with van der Waals surface area (Å²) in [6, 6.07) is 11.7. The number of hydrogen-bond acceptors (Lipinski definition) is 2. The third-order valence-corrected chi connectivity index (χ3v) is 7.56. The zero-order chi connectivity index (χ0) is 20.3. The molecule has 3 aromatic rings. The topological polar surface area (TPSA) is 22.3 Å². The van der Waals surface area contributed by atoms with E-state index in [0.717, 1.165) is 43.5 Å². The summed E-state index contributed by atoms with van der Waals surface area (Å²) < 4.78 is 1.13. The van der Waals surface area contributed by atoms with Gasteiger partial charge in [-0.05, 0) is 53.9 Å². The van der Waals surface area contributed by atoms with Crippen LogP contribution in [0, 0.1) is 0 Å². The fourth-order valence-electron chi connectivity index (χ4n) is 5.31. The number of halogens is 1. The van der Waals surface area contributed by atoms with Gasteiger partial charge < -0.3 is 14.8 Å². The minimum absolute atomic E-state index is 0.0258. The molecule has 0 spiro atoms. The van der Waals surface area contributed by atoms with E-state index in [1.807, 2.05) is 0 Å². The maximum Gasteiger partial charge on any atom is 0.0470 e. The molecule has 0 atom stereocenters. The number of fused-ring (bicyclic) bond motifs is 4. The number of aryl methyl sites for hydroxylation is 1. The fraction of sp³-hybridized carbons (Fsp3) is 0.440. The van der Waals surface area contributed by atoms with Crippen LogP contribution in [0.15, 0.2) is 34.8 Å². The summed E-state index contributed by atoms with van der Waals surface area (Å²) in [5.74, 6) is 0. The summed E-state index contributed by atoms with van der Waals surface area (Å²) in [6.45, 7) is 11.6. The molecule has 0 radical (unpaired) electrons. The molecular weight excluding hydrogens is 422 g/mol. The van der Waals surface area contributed by atoms with Gasteiger partial charge in [-0.15, -0.1) is 0 Å². The van der Waals surface area contributed by atoms with Gasteiger partial charge in [0.15, 0.2) is 0 Å². The smallest absolute Gasteiger partial charge is 0.0470 e. The first-order valence-electron chi connectivity index (χ1n) is 10.8. The quantitative estimate of drug-likeness (QED) is 0.557. The molecule has 1 aromatic heterocycles. The molecule has 1 N–H and O–H groups in total. The number of benzene rings is 2. The fourth-order valence-corrected chi connectivity index (χ4v) is 5.67. The van der Waals surface area contributed by atoms with Gasteiger partial charge in [0.25, 0.3) is 0 Å². The summed E-state index contributed by atoms with van der Waals surface area (Å²) in [5, 5.41) is 1.36. The van der Waals surface area contributed by atoms with Crippen LogP contribution in [-0.4, -0.2) is 43.1 Å². The Labute approximate surface area is 182 Å². The molecule has 29 heavy (non-hydrogen) atoms. The molecule has 0 amide bonds. The first-order chi connectivity index (χ1) is 13.9. The first kappa shape index (κ1) is 19.2. The van der Waals surface area contributed by atoms with Crippen LogP contribution in [0.5, 0.6) is 0 Å². The molecule has 2 aliphatic rings. The lowest BCUT2D eigenvalue weighted by molar-refractivity contribution is 0.312. The van der Waals surface area contributed by atoms with Crippen LogP contribution in [-0.2, 0) is 18.3 Å². The lowest BCUT2D eigenvalue weighted by Crippen LogP contribution is -2.45. The van der Waals surface area contributed by atoms with E-state index in [1.165, 1.54) is 44.5 Å². The molecule has 2 aromatic carbocycles. The van der Waals surface area contributed by atoms with E-state index in [0.29, 0.717) is 0 Å². The van der Waals surface area contributed by atoms with Gasteiger partial charge in [-0.3, -0.25) is 0 Å². The molecule has 5 rings (SSSR count). The molecule has 2 heterocycles. The summed E-state index contributed by atoms with van der Waals surface area (Å²) >= 11 is 3.63. The Morgan fingerprint density at radius 1 is 1.07 bits per heavy atom. The predicted octanol–water partition coefficient (Wildman–Crippen LogP) is 5.47. The van der Waals surface area contributed by atoms with Crippen LogP contribution >= 0.6 is 15.9 Å². The van der Waals surface area contributed by atoms with E-state index in [9.17, 15) is 0 Å². The predicted molar refractivity (Wildman–Crippen MR) is 126 cm³/mol. The Hall–Kier alpha value is -1.78. The van der Waals surface area contributed by atoms with Crippen LogP contribution < -0.4 is 4.90 Å². The van der Waals surface area contributed by atoms with E-state index in [2.05, 4.69) is 88.9 Å². The number of hydrogen-bond donors (Lipinski definition) is 1. The number of nitrogens with zero attached hydrogens (tertiary/aromatic N) is 2. The van der Waals surface area contributed by atoms with Crippen molar-refractivity contribution in [3.05, 3.63) is 62.8 Å². The van der Waals surface area contributed by atoms with Gasteiger partial charge in [0, 0.05) is 64.8 Å². The second-order valence-corrected chi connectivity index (χ2v) is 10.2. The number of aromatic amines is 1. The second-order valence-electron chi connectivity index (χ2n) is 9.25. The van der Waals surface area contributed by atoms with Crippen molar-refractivity contribution in [1.29, 1.82) is 0 Å². The number of piperazine rings is 1. The van der Waals surface area contributed by atoms with Crippen molar-refractivity contribution in [2.75, 3.05) is 38.1 Å². The third-order valence-electron chi connectivity index (χ3n) is 7.06. The lowest BCUT2D eigenvalue weighted by Gasteiger charge is -2.38. The van der Waals surface area contributed by atoms with Gasteiger partial charge in [0.1, 0.15) is 0 Å². The zero-order valence-corrected chi connectivity index (χ0v) is 19.5. The van der Waals surface area contributed by atoms with Gasteiger partial charge in [0.2, 0.25) is 0 Å². The average Bonchev–Trinajstić information content (AvgIpc) is 3.06. The lowest BCUT2D eigenvalue weighted by atomic mass is 9.71. The molecule has 0 bridgehead atoms. The average molecular weight is 452 g/mol. The van der Waals surface area contributed by atoms with Crippen LogP contribution in [0.3, 0.4) is 0 Å². The Morgan fingerprint density at radius 3 is 2.55 bits per heavy atom. The summed E-state index contributed by atoms with van der Waals surface area (Å²) in [5.41, 5.74) is 10.0. The Balaban J connectivity index is 1.65. The standard InChI is InChI=1S/C25H30BrN3/c1-5-16-12-17-13-20-19-7-6-18(26)14-22(19)27-24(20)25(2,3)21(17)15-23(16)29-10-8-28(4)9-11-29/h6-7,12,14-15,27H,5,8-11,13H2,1-4H3. The van der Waals surface area contributed by atoms with Crippen LogP contribution in [0.1, 0.15) is 48.7 Å². The molecule has 4 heteroatoms. The molecule has 0 unspecified atom stereocenters. The molecule has 1 aliphatic heterocycles. The number of aromatic nitrogens is 1. The third kappa shape index (κ3) is 3.03. The number of H-pyrrole nitrogens is 1. The van der Waals surface area contributed by atoms with Crippen molar-refractivity contribution in [2.45, 2.75) is 39.0 Å². The number of nitrogens with one attached hydrogen (secondary N) is 1. The van der Waals surface area contributed by atoms with Gasteiger partial charge in [-0.25, -0.2) is 0 Å². The first-order valence-corrected chi connectivity index (χ1v) is 11.6. The van der Waals surface area contributed by atoms with Gasteiger partial charge in [-0.1, -0.05) is 48.8 Å². The van der Waals surface area contributed by atoms with E-state index in [1.54, 1.807) is 0 Å². The van der Waals surface area contributed by atoms with Crippen LogP contribution in [0.2, 0.25) is 0 Å². The molecule has 3 nitrogen and oxygen atoms in total. The largest absolute Gasteiger partial charge is 0.369 e. The summed E-state index contributed by atoms with van der Waals surface area (Å²) in [6.07, 6.45) is 2.11. The number of likely N-dealkylation sites (N-methyl/N-ethyl adjacent to an activating group) is 1. The van der Waals surface area contributed by atoms with Gasteiger partial charge in [0.05, 0.1) is 0 Å². The molecule has 1 aliphatic carbocycles. The normalized spacial score (nSPS) is 18.7. The number of rotatable bonds is 2. The molecule has 152 valence electrons. The second kappa shape index (κ2) is 6.88. The Kier molecular flexibility index (Phi) is 4.56. The van der Waals surface area contributed by atoms with Crippen molar-refractivity contribution in [3.63, 3.8) is 0 Å². The highest BCUT2D eigenvalue weighted by Crippen LogP contribution is 2.46. The highest BCUT2D eigenvalue weighted by molar-refractivity contribution is 9.10. The molecular formula is C25H30BrN3. The molecule has 1 saturated heterocycles. The maximum atomic E-state index is 3.77. The zero-order valence-electron chi connectivity index (χ0n) is 17.9. The summed E-state index contributed by atoms with van der Waals surface area (Å²) in [7, 11) is 2.23. The minimum atomic E-state index is -0.0258. The molecule has 0 saturated carbocycles. The Bertz CT molecular complexity index is 1090. The van der Waals surface area contributed by atoms with Crippen molar-refractivity contribution < 1.29 is 0 Å². The van der Waals surface area contributed by atoms with Gasteiger partial charge >= 0.3 is 0 Å². The monoisotopic (exact) mass is 451 g/mol. The minimum Gasteiger partial charge on any atom is -0.369 e. The maximum absolute atomic E-state index is 3.77. The van der Waals surface area contributed by atoms with Crippen molar-refractivity contribution in [2.24, 2.45) is 0 Å². The number of anilines is 1. The van der Waals surface area contributed by atoms with Crippen LogP contribution in [0.25, 0.3) is 10.9 Å². The van der Waals surface area contributed by atoms with E-state index >= 15 is 0 Å². The van der Waals surface area contributed by atoms with E-state index in [4.69, 9.17) is 0 Å². The summed E-state index contributed by atoms with van der Waals surface area (Å²) in [4.78, 5) is 8.81. The Morgan fingerprint density at radius 2 is 1.83 bits per heavy atom. The molecule has 1 fully saturated rings. The highest BCUT2D eigenvalue weighted by Gasteiger charge is 2.36. The SMILES string of the molecule is CCc1cc2c(cc1N1CCN(C)CC1)C(C)(C)c1[nH]c3cc(Br)ccc3c1C2. The van der Waals surface area contributed by atoms with E-state index < -0.39 is 0 Å². The van der Waals surface area contributed by atoms with Gasteiger partial charge in [-0.2, -0.15) is 0 Å². The highest BCUT2D eigenvalue weighted by atomic mass is 79.9.